The van der Waals surface area contributed by atoms with Crippen molar-refractivity contribution in [3.05, 3.63) is 182 Å². The van der Waals surface area contributed by atoms with Crippen LogP contribution in [0, 0.1) is 0 Å². The molecule has 254 valence electrons. The third-order valence-corrected chi connectivity index (χ3v) is 11.4. The third-order valence-electron chi connectivity index (χ3n) is 10.3. The van der Waals surface area contributed by atoms with Crippen LogP contribution in [0.15, 0.2) is 191 Å². The predicted molar refractivity (Wildman–Crippen MR) is 225 cm³/mol. The van der Waals surface area contributed by atoms with Crippen molar-refractivity contribution in [1.82, 2.24) is 4.98 Å². The summed E-state index contributed by atoms with van der Waals surface area (Å²) in [4.78, 5) is 7.34. The molecule has 0 saturated carbocycles. The number of hydrogen-bond donors (Lipinski definition) is 0. The van der Waals surface area contributed by atoms with Crippen LogP contribution in [0.4, 0.5) is 17.1 Å². The Morgan fingerprint density at radius 1 is 0.407 bits per heavy atom. The van der Waals surface area contributed by atoms with E-state index in [1.165, 1.54) is 42.4 Å². The normalized spacial score (nSPS) is 11.7. The van der Waals surface area contributed by atoms with Gasteiger partial charge in [0, 0.05) is 48.2 Å². The first-order valence-electron chi connectivity index (χ1n) is 18.0. The van der Waals surface area contributed by atoms with Crippen molar-refractivity contribution < 1.29 is 8.83 Å². The Morgan fingerprint density at radius 2 is 1.06 bits per heavy atom. The molecule has 0 saturated heterocycles. The fourth-order valence-electron chi connectivity index (χ4n) is 7.79. The van der Waals surface area contributed by atoms with Crippen molar-refractivity contribution in [3.8, 4) is 33.7 Å². The zero-order valence-electron chi connectivity index (χ0n) is 28.9. The molecule has 0 N–H and O–H groups in total. The topological polar surface area (TPSA) is 42.4 Å². The number of oxazole rings is 1. The average Bonchev–Trinajstić information content (AvgIpc) is 3.95. The van der Waals surface area contributed by atoms with E-state index in [2.05, 4.69) is 144 Å². The summed E-state index contributed by atoms with van der Waals surface area (Å²) in [6.07, 6.45) is 0. The molecular weight excluding hydrogens is 681 g/mol. The van der Waals surface area contributed by atoms with E-state index >= 15 is 0 Å². The van der Waals surface area contributed by atoms with Gasteiger partial charge < -0.3 is 13.7 Å². The molecule has 0 aliphatic carbocycles. The highest BCUT2D eigenvalue weighted by atomic mass is 32.1. The Kier molecular flexibility index (Phi) is 7.00. The summed E-state index contributed by atoms with van der Waals surface area (Å²) < 4.78 is 15.3. The number of anilines is 3. The number of nitrogens with zero attached hydrogens (tertiary/aromatic N) is 2. The number of benzene rings is 8. The molecule has 0 aliphatic heterocycles. The van der Waals surface area contributed by atoms with E-state index in [0.717, 1.165) is 55.7 Å². The molecule has 0 bridgehead atoms. The van der Waals surface area contributed by atoms with Gasteiger partial charge in [0.05, 0.1) is 5.39 Å². The Bertz CT molecular complexity index is 3160. The average molecular weight is 711 g/mol. The second kappa shape index (κ2) is 12.3. The number of hydrogen-bond acceptors (Lipinski definition) is 5. The SMILES string of the molecule is c1ccc(-c2ccc(N(c3cccc(-c4cccc5sc6ccccc6c45)c3)c3ccc4oc5ccc6oc(-c7ccccc7)nc6c5c4c3)cc2)cc1. The molecule has 0 spiro atoms. The quantitative estimate of drug-likeness (QED) is 0.172. The highest BCUT2D eigenvalue weighted by molar-refractivity contribution is 7.25. The van der Waals surface area contributed by atoms with Gasteiger partial charge in [0.25, 0.3) is 0 Å². The minimum absolute atomic E-state index is 0.592. The highest BCUT2D eigenvalue weighted by Crippen LogP contribution is 2.44. The molecule has 54 heavy (non-hydrogen) atoms. The first kappa shape index (κ1) is 30.7. The van der Waals surface area contributed by atoms with E-state index in [-0.39, 0.29) is 0 Å². The Labute approximate surface area is 314 Å². The molecule has 0 radical (unpaired) electrons. The molecule has 11 aromatic rings. The van der Waals surface area contributed by atoms with E-state index in [4.69, 9.17) is 13.8 Å². The van der Waals surface area contributed by atoms with Crippen LogP contribution in [0.5, 0.6) is 0 Å². The summed E-state index contributed by atoms with van der Waals surface area (Å²) in [5.41, 5.74) is 11.9. The predicted octanol–water partition coefficient (Wildman–Crippen LogP) is 14.6. The van der Waals surface area contributed by atoms with E-state index < -0.39 is 0 Å². The Hall–Kier alpha value is -6.95. The minimum Gasteiger partial charge on any atom is -0.456 e. The van der Waals surface area contributed by atoms with Gasteiger partial charge in [0.2, 0.25) is 5.89 Å². The zero-order valence-corrected chi connectivity index (χ0v) is 29.8. The van der Waals surface area contributed by atoms with Gasteiger partial charge in [0.1, 0.15) is 16.7 Å². The van der Waals surface area contributed by atoms with Gasteiger partial charge in [-0.05, 0) is 101 Å². The van der Waals surface area contributed by atoms with E-state index in [1.54, 1.807) is 0 Å². The maximum absolute atomic E-state index is 6.43. The lowest BCUT2D eigenvalue weighted by Gasteiger charge is -2.26. The smallest absolute Gasteiger partial charge is 0.227 e. The monoisotopic (exact) mass is 710 g/mol. The van der Waals surface area contributed by atoms with Crippen molar-refractivity contribution in [2.75, 3.05) is 4.90 Å². The molecule has 0 atom stereocenters. The van der Waals surface area contributed by atoms with Crippen LogP contribution in [0.1, 0.15) is 0 Å². The van der Waals surface area contributed by atoms with Crippen LogP contribution in [-0.4, -0.2) is 4.98 Å². The number of fused-ring (bicyclic) bond motifs is 8. The number of furan rings is 1. The summed E-state index contributed by atoms with van der Waals surface area (Å²) in [7, 11) is 0. The zero-order chi connectivity index (χ0) is 35.6. The Balaban J connectivity index is 1.10. The largest absolute Gasteiger partial charge is 0.456 e. The summed E-state index contributed by atoms with van der Waals surface area (Å²) in [6, 6.07) is 64.0. The van der Waals surface area contributed by atoms with Gasteiger partial charge in [-0.1, -0.05) is 103 Å². The van der Waals surface area contributed by atoms with E-state index in [0.29, 0.717) is 5.89 Å². The van der Waals surface area contributed by atoms with Crippen LogP contribution < -0.4 is 4.90 Å². The number of thiophene rings is 1. The van der Waals surface area contributed by atoms with Gasteiger partial charge in [-0.15, -0.1) is 11.3 Å². The number of rotatable bonds is 6. The van der Waals surface area contributed by atoms with Gasteiger partial charge >= 0.3 is 0 Å². The molecule has 0 amide bonds. The lowest BCUT2D eigenvalue weighted by atomic mass is 9.98. The molecule has 0 aliphatic rings. The highest BCUT2D eigenvalue weighted by Gasteiger charge is 2.20. The first-order chi connectivity index (χ1) is 26.7. The minimum atomic E-state index is 0.592. The van der Waals surface area contributed by atoms with Crippen molar-refractivity contribution >= 4 is 81.6 Å². The molecular formula is C49H30N2O2S. The van der Waals surface area contributed by atoms with E-state index in [9.17, 15) is 0 Å². The van der Waals surface area contributed by atoms with Crippen molar-refractivity contribution in [2.24, 2.45) is 0 Å². The molecule has 8 aromatic carbocycles. The van der Waals surface area contributed by atoms with Crippen LogP contribution in [0.3, 0.4) is 0 Å². The third kappa shape index (κ3) is 5.01. The van der Waals surface area contributed by atoms with Crippen LogP contribution in [0.25, 0.3) is 86.9 Å². The molecule has 3 heterocycles. The summed E-state index contributed by atoms with van der Waals surface area (Å²) in [5.74, 6) is 0.592. The van der Waals surface area contributed by atoms with Crippen molar-refractivity contribution in [1.29, 1.82) is 0 Å². The maximum Gasteiger partial charge on any atom is 0.227 e. The van der Waals surface area contributed by atoms with Crippen LogP contribution >= 0.6 is 11.3 Å². The van der Waals surface area contributed by atoms with E-state index in [1.807, 2.05) is 53.8 Å². The standard InChI is InChI=1S/C49H30N2O2S/c1-3-11-31(12-4-1)32-21-23-35(24-22-32)51(36-16-9-15-34(29-36)38-18-10-20-45-46(38)39-17-7-8-19-44(39)54-45)37-25-26-41-40(30-37)47-42(52-41)27-28-43-48(47)50-49(53-43)33-13-5-2-6-14-33/h1-30H. The second-order valence-electron chi connectivity index (χ2n) is 13.5. The van der Waals surface area contributed by atoms with Gasteiger partial charge in [0.15, 0.2) is 5.58 Å². The van der Waals surface area contributed by atoms with Crippen LogP contribution in [-0.2, 0) is 0 Å². The summed E-state index contributed by atoms with van der Waals surface area (Å²) in [6.45, 7) is 0. The maximum atomic E-state index is 6.43. The molecule has 3 aromatic heterocycles. The van der Waals surface area contributed by atoms with Gasteiger partial charge in [-0.2, -0.15) is 0 Å². The molecule has 0 fully saturated rings. The molecule has 5 heteroatoms. The number of aromatic nitrogens is 1. The second-order valence-corrected chi connectivity index (χ2v) is 14.6. The first-order valence-corrected chi connectivity index (χ1v) is 18.8. The van der Waals surface area contributed by atoms with Gasteiger partial charge in [-0.3, -0.25) is 0 Å². The lowest BCUT2D eigenvalue weighted by Crippen LogP contribution is -2.10. The van der Waals surface area contributed by atoms with Crippen LogP contribution in [0.2, 0.25) is 0 Å². The molecule has 11 rings (SSSR count). The van der Waals surface area contributed by atoms with Crippen molar-refractivity contribution in [3.63, 3.8) is 0 Å². The molecule has 4 nitrogen and oxygen atoms in total. The van der Waals surface area contributed by atoms with Gasteiger partial charge in [-0.25, -0.2) is 4.98 Å². The summed E-state index contributed by atoms with van der Waals surface area (Å²) >= 11 is 1.85. The Morgan fingerprint density at radius 3 is 1.91 bits per heavy atom. The fraction of sp³-hybridized carbons (Fsp3) is 0. The lowest BCUT2D eigenvalue weighted by molar-refractivity contribution is 0.619. The fourth-order valence-corrected chi connectivity index (χ4v) is 8.93. The van der Waals surface area contributed by atoms with Crippen molar-refractivity contribution in [2.45, 2.75) is 0 Å². The molecule has 0 unspecified atom stereocenters. The summed E-state index contributed by atoms with van der Waals surface area (Å²) in [5, 5.41) is 4.52.